The molecule has 10 nitrogen and oxygen atoms in total. The number of hydrogen-bond donors (Lipinski definition) is 3. The van der Waals surface area contributed by atoms with Gasteiger partial charge in [-0.25, -0.2) is 4.79 Å². The number of nitrogens with one attached hydrogen (secondary N) is 3. The van der Waals surface area contributed by atoms with E-state index in [1.807, 2.05) is 47.0 Å². The summed E-state index contributed by atoms with van der Waals surface area (Å²) in [5, 5.41) is 8.82. The average molecular weight is 594 g/mol. The van der Waals surface area contributed by atoms with E-state index in [1.54, 1.807) is 56.7 Å². The average Bonchev–Trinajstić information content (AvgIpc) is 3.04. The van der Waals surface area contributed by atoms with Gasteiger partial charge in [0.05, 0.1) is 25.6 Å². The zero-order chi connectivity index (χ0) is 30.6. The third-order valence-electron chi connectivity index (χ3n) is 8.27. The van der Waals surface area contributed by atoms with Gasteiger partial charge in [0, 0.05) is 61.2 Å². The van der Waals surface area contributed by atoms with Crippen LogP contribution in [0.25, 0.3) is 0 Å². The molecule has 2 aliphatic heterocycles. The number of urea groups is 1. The summed E-state index contributed by atoms with van der Waals surface area (Å²) in [4.78, 5) is 41.2. The van der Waals surface area contributed by atoms with E-state index in [1.165, 1.54) is 0 Å². The Balaban J connectivity index is 1.25. The molecule has 3 amide bonds. The summed E-state index contributed by atoms with van der Waals surface area (Å²) in [6.07, 6.45) is 1.00. The molecule has 44 heavy (non-hydrogen) atoms. The largest absolute Gasteiger partial charge is 0.497 e. The lowest BCUT2D eigenvalue weighted by molar-refractivity contribution is 0.0951. The van der Waals surface area contributed by atoms with Crippen LogP contribution >= 0.6 is 0 Å². The Kier molecular flexibility index (Phi) is 8.23. The van der Waals surface area contributed by atoms with E-state index in [9.17, 15) is 14.4 Å². The zero-order valence-corrected chi connectivity index (χ0v) is 24.7. The molecule has 3 heterocycles. The van der Waals surface area contributed by atoms with E-state index in [4.69, 9.17) is 9.47 Å². The van der Waals surface area contributed by atoms with Crippen molar-refractivity contribution in [2.24, 2.45) is 5.92 Å². The Morgan fingerprint density at radius 3 is 2.43 bits per heavy atom. The van der Waals surface area contributed by atoms with Gasteiger partial charge in [0.2, 0.25) is 0 Å². The van der Waals surface area contributed by atoms with Crippen molar-refractivity contribution in [3.05, 3.63) is 112 Å². The van der Waals surface area contributed by atoms with Crippen LogP contribution in [0.15, 0.2) is 89.7 Å². The number of methoxy groups -OCH3 is 2. The van der Waals surface area contributed by atoms with Crippen molar-refractivity contribution in [1.82, 2.24) is 9.88 Å². The van der Waals surface area contributed by atoms with Gasteiger partial charge in [-0.1, -0.05) is 24.3 Å². The van der Waals surface area contributed by atoms with E-state index in [-0.39, 0.29) is 23.3 Å². The van der Waals surface area contributed by atoms with Gasteiger partial charge in [0.1, 0.15) is 11.5 Å². The standard InChI is InChI=1S/C34H35N5O5/c1-43-27-12-9-22(10-13-27)18-35-33(41)24-11-14-31(29(16-24)37-34(42)36-26-5-3-6-28(17-26)44-2)38-19-23-15-25(21-38)30-7-4-8-32(40)39(30)20-23/h3-14,16-17,23,25H,15,18-21H2,1-2H3,(H,35,41)(H2,36,37,42)/t23-,25+/m1/s1. The van der Waals surface area contributed by atoms with Crippen LogP contribution in [-0.4, -0.2) is 43.8 Å². The van der Waals surface area contributed by atoms with Crippen molar-refractivity contribution in [1.29, 1.82) is 0 Å². The second-order valence-electron chi connectivity index (χ2n) is 11.2. The predicted octanol–water partition coefficient (Wildman–Crippen LogP) is 5.06. The van der Waals surface area contributed by atoms with Gasteiger partial charge in [-0.15, -0.1) is 0 Å². The fourth-order valence-corrected chi connectivity index (χ4v) is 6.16. The number of pyridine rings is 1. The van der Waals surface area contributed by atoms with Gasteiger partial charge in [-0.2, -0.15) is 0 Å². The van der Waals surface area contributed by atoms with Crippen molar-refractivity contribution in [2.75, 3.05) is 42.8 Å². The lowest BCUT2D eigenvalue weighted by Gasteiger charge is -2.44. The zero-order valence-electron chi connectivity index (χ0n) is 24.7. The minimum absolute atomic E-state index is 0.0345. The molecule has 0 spiro atoms. The summed E-state index contributed by atoms with van der Waals surface area (Å²) in [7, 11) is 3.18. The van der Waals surface area contributed by atoms with Gasteiger partial charge in [-0.05, 0) is 66.4 Å². The number of benzene rings is 3. The summed E-state index contributed by atoms with van der Waals surface area (Å²) in [6.45, 7) is 2.42. The van der Waals surface area contributed by atoms with Crippen LogP contribution < -0.4 is 35.9 Å². The first-order chi connectivity index (χ1) is 21.4. The molecule has 4 aromatic rings. The fourth-order valence-electron chi connectivity index (χ4n) is 6.16. The molecule has 0 aliphatic carbocycles. The Labute approximate surface area is 255 Å². The minimum Gasteiger partial charge on any atom is -0.497 e. The van der Waals surface area contributed by atoms with Crippen LogP contribution in [-0.2, 0) is 13.1 Å². The number of fused-ring (bicyclic) bond motifs is 4. The van der Waals surface area contributed by atoms with Crippen molar-refractivity contribution in [3.8, 4) is 11.5 Å². The van der Waals surface area contributed by atoms with E-state index in [2.05, 4.69) is 20.9 Å². The number of carbonyl (C=O) groups excluding carboxylic acids is 2. The fraction of sp³-hybridized carbons (Fsp3) is 0.265. The molecule has 1 fully saturated rings. The number of hydrogen-bond acceptors (Lipinski definition) is 6. The molecule has 3 aromatic carbocycles. The maximum absolute atomic E-state index is 13.2. The summed E-state index contributed by atoms with van der Waals surface area (Å²) in [5.41, 5.74) is 4.35. The molecule has 3 N–H and O–H groups in total. The van der Waals surface area contributed by atoms with Crippen molar-refractivity contribution in [3.63, 3.8) is 0 Å². The van der Waals surface area contributed by atoms with E-state index in [0.29, 0.717) is 42.3 Å². The Morgan fingerprint density at radius 1 is 0.841 bits per heavy atom. The van der Waals surface area contributed by atoms with Gasteiger partial charge in [-0.3, -0.25) is 9.59 Å². The number of amides is 3. The summed E-state index contributed by atoms with van der Waals surface area (Å²) in [5.74, 6) is 1.58. The number of aromatic nitrogens is 1. The third kappa shape index (κ3) is 6.24. The maximum atomic E-state index is 13.2. The summed E-state index contributed by atoms with van der Waals surface area (Å²) in [6, 6.07) is 25.0. The number of ether oxygens (including phenoxy) is 2. The van der Waals surface area contributed by atoms with Crippen LogP contribution in [0.5, 0.6) is 11.5 Å². The number of carbonyl (C=O) groups is 2. The summed E-state index contributed by atoms with van der Waals surface area (Å²) < 4.78 is 12.4. The Morgan fingerprint density at radius 2 is 1.64 bits per heavy atom. The van der Waals surface area contributed by atoms with Crippen molar-refractivity contribution in [2.45, 2.75) is 25.4 Å². The van der Waals surface area contributed by atoms with E-state index in [0.717, 1.165) is 35.7 Å². The van der Waals surface area contributed by atoms with Gasteiger partial charge < -0.3 is 34.9 Å². The van der Waals surface area contributed by atoms with Gasteiger partial charge >= 0.3 is 6.03 Å². The minimum atomic E-state index is -0.440. The molecule has 0 radical (unpaired) electrons. The molecule has 1 aromatic heterocycles. The van der Waals surface area contributed by atoms with Crippen LogP contribution in [0.3, 0.4) is 0 Å². The lowest BCUT2D eigenvalue weighted by atomic mass is 9.83. The van der Waals surface area contributed by atoms with Crippen molar-refractivity contribution >= 4 is 29.0 Å². The van der Waals surface area contributed by atoms with E-state index >= 15 is 0 Å². The molecule has 0 unspecified atom stereocenters. The molecule has 2 aliphatic rings. The highest BCUT2D eigenvalue weighted by atomic mass is 16.5. The van der Waals surface area contributed by atoms with Crippen LogP contribution in [0.4, 0.5) is 21.9 Å². The maximum Gasteiger partial charge on any atom is 0.323 e. The second-order valence-corrected chi connectivity index (χ2v) is 11.2. The topological polar surface area (TPSA) is 114 Å². The normalized spacial score (nSPS) is 16.8. The Hall–Kier alpha value is -5.25. The van der Waals surface area contributed by atoms with Crippen LogP contribution in [0, 0.1) is 5.92 Å². The van der Waals surface area contributed by atoms with Crippen LogP contribution in [0.1, 0.15) is 34.0 Å². The third-order valence-corrected chi connectivity index (χ3v) is 8.27. The van der Waals surface area contributed by atoms with Crippen LogP contribution in [0.2, 0.25) is 0 Å². The highest BCUT2D eigenvalue weighted by molar-refractivity contribution is 6.04. The molecule has 2 atom stereocenters. The highest BCUT2D eigenvalue weighted by Crippen LogP contribution is 2.39. The molecular weight excluding hydrogens is 558 g/mol. The first-order valence-corrected chi connectivity index (χ1v) is 14.6. The predicted molar refractivity (Wildman–Crippen MR) is 170 cm³/mol. The quantitative estimate of drug-likeness (QED) is 0.263. The molecule has 10 heteroatoms. The molecule has 1 saturated heterocycles. The number of anilines is 3. The number of piperidine rings is 1. The van der Waals surface area contributed by atoms with E-state index < -0.39 is 6.03 Å². The molecular formula is C34H35N5O5. The smallest absolute Gasteiger partial charge is 0.323 e. The van der Waals surface area contributed by atoms with Gasteiger partial charge in [0.15, 0.2) is 0 Å². The first kappa shape index (κ1) is 28.9. The van der Waals surface area contributed by atoms with Gasteiger partial charge in [0.25, 0.3) is 11.5 Å². The molecule has 2 bridgehead atoms. The summed E-state index contributed by atoms with van der Waals surface area (Å²) >= 11 is 0. The second kappa shape index (κ2) is 12.5. The first-order valence-electron chi connectivity index (χ1n) is 14.6. The number of rotatable bonds is 8. The lowest BCUT2D eigenvalue weighted by Crippen LogP contribution is -2.47. The monoisotopic (exact) mass is 593 g/mol. The van der Waals surface area contributed by atoms with Crippen molar-refractivity contribution < 1.29 is 19.1 Å². The highest BCUT2D eigenvalue weighted by Gasteiger charge is 2.35. The molecule has 6 rings (SSSR count). The Bertz CT molecular complexity index is 1740. The number of nitrogens with zero attached hydrogens (tertiary/aromatic N) is 2. The SMILES string of the molecule is COc1ccc(CNC(=O)c2ccc(N3C[C@H]4C[C@@H](C3)c3cccc(=O)n3C4)c(NC(=O)Nc3cccc(OC)c3)c2)cc1. The molecule has 226 valence electrons. The molecule has 0 saturated carbocycles.